The second-order valence-corrected chi connectivity index (χ2v) is 2.98. The van der Waals surface area contributed by atoms with Gasteiger partial charge in [-0.25, -0.2) is 4.79 Å². The number of nitrogens with two attached hydrogens (primary N) is 1. The highest BCUT2D eigenvalue weighted by atomic mass is 16.2. The van der Waals surface area contributed by atoms with Gasteiger partial charge in [-0.1, -0.05) is 6.92 Å². The van der Waals surface area contributed by atoms with E-state index in [1.54, 1.807) is 6.92 Å². The second kappa shape index (κ2) is 3.42. The average molecular weight is 185 g/mol. The molecule has 0 aromatic carbocycles. The van der Waals surface area contributed by atoms with E-state index < -0.39 is 11.9 Å². The van der Waals surface area contributed by atoms with Crippen molar-refractivity contribution < 1.29 is 14.4 Å². The summed E-state index contributed by atoms with van der Waals surface area (Å²) in [6, 6.07) is -0.554. The molecule has 0 spiro atoms. The number of carbonyl (C=O) groups excluding carboxylic acids is 3. The van der Waals surface area contributed by atoms with E-state index in [1.165, 1.54) is 0 Å². The van der Waals surface area contributed by atoms with Gasteiger partial charge in [0.05, 0.1) is 5.92 Å². The van der Waals surface area contributed by atoms with E-state index in [0.717, 1.165) is 4.90 Å². The number of hydrogen-bond acceptors (Lipinski definition) is 3. The third kappa shape index (κ3) is 1.95. The van der Waals surface area contributed by atoms with Crippen LogP contribution in [0.1, 0.15) is 6.92 Å². The first-order chi connectivity index (χ1) is 6.02. The predicted molar refractivity (Wildman–Crippen MR) is 43.5 cm³/mol. The molecular formula is C7H11N3O3. The van der Waals surface area contributed by atoms with Crippen molar-refractivity contribution in [3.8, 4) is 0 Å². The van der Waals surface area contributed by atoms with Crippen LogP contribution in [-0.2, 0) is 9.59 Å². The van der Waals surface area contributed by atoms with E-state index >= 15 is 0 Å². The Balaban J connectivity index is 2.72. The molecule has 72 valence electrons. The molecule has 3 N–H and O–H groups in total. The molecule has 0 bridgehead atoms. The van der Waals surface area contributed by atoms with Gasteiger partial charge in [-0.3, -0.25) is 14.5 Å². The highest BCUT2D eigenvalue weighted by molar-refractivity contribution is 6.00. The molecule has 0 radical (unpaired) electrons. The maximum atomic E-state index is 11.3. The SMILES string of the molecule is CC1CNC(=O)N(CC(N)=O)C1=O. The van der Waals surface area contributed by atoms with Crippen LogP contribution < -0.4 is 11.1 Å². The van der Waals surface area contributed by atoms with Gasteiger partial charge >= 0.3 is 6.03 Å². The normalized spacial score (nSPS) is 22.8. The minimum absolute atomic E-state index is 0.294. The largest absolute Gasteiger partial charge is 0.368 e. The number of hydrogen-bond donors (Lipinski definition) is 2. The number of primary amides is 1. The summed E-state index contributed by atoms with van der Waals surface area (Å²) in [5.41, 5.74) is 4.88. The lowest BCUT2D eigenvalue weighted by Gasteiger charge is -2.28. The summed E-state index contributed by atoms with van der Waals surface area (Å²) in [6.07, 6.45) is 0. The molecule has 1 fully saturated rings. The minimum atomic E-state index is -0.697. The molecular weight excluding hydrogens is 174 g/mol. The summed E-state index contributed by atoms with van der Waals surface area (Å²) >= 11 is 0. The first-order valence-corrected chi connectivity index (χ1v) is 3.90. The molecule has 4 amide bonds. The molecule has 1 atom stereocenters. The van der Waals surface area contributed by atoms with E-state index in [2.05, 4.69) is 5.32 Å². The van der Waals surface area contributed by atoms with Crippen LogP contribution in [0.3, 0.4) is 0 Å². The fourth-order valence-electron chi connectivity index (χ4n) is 1.09. The van der Waals surface area contributed by atoms with Gasteiger partial charge in [-0.15, -0.1) is 0 Å². The van der Waals surface area contributed by atoms with E-state index in [1.807, 2.05) is 0 Å². The van der Waals surface area contributed by atoms with Crippen molar-refractivity contribution in [2.75, 3.05) is 13.1 Å². The standard InChI is InChI=1S/C7H11N3O3/c1-4-2-9-7(13)10(6(4)12)3-5(8)11/h4H,2-3H2,1H3,(H2,8,11)(H,9,13). The quantitative estimate of drug-likeness (QED) is 0.557. The molecule has 1 heterocycles. The Labute approximate surface area is 75.1 Å². The highest BCUT2D eigenvalue weighted by Crippen LogP contribution is 2.06. The Bertz CT molecular complexity index is 264. The van der Waals surface area contributed by atoms with Crippen molar-refractivity contribution in [3.05, 3.63) is 0 Å². The van der Waals surface area contributed by atoms with Crippen molar-refractivity contribution in [3.63, 3.8) is 0 Å². The third-order valence-corrected chi connectivity index (χ3v) is 1.81. The number of amides is 4. The molecule has 0 aromatic rings. The van der Waals surface area contributed by atoms with Gasteiger partial charge in [-0.2, -0.15) is 0 Å². The van der Waals surface area contributed by atoms with E-state index in [4.69, 9.17) is 5.73 Å². The van der Waals surface area contributed by atoms with Crippen molar-refractivity contribution in [1.29, 1.82) is 0 Å². The Morgan fingerprint density at radius 1 is 1.69 bits per heavy atom. The van der Waals surface area contributed by atoms with Crippen molar-refractivity contribution >= 4 is 17.8 Å². The number of nitrogens with zero attached hydrogens (tertiary/aromatic N) is 1. The van der Waals surface area contributed by atoms with E-state index in [0.29, 0.717) is 6.54 Å². The Hall–Kier alpha value is -1.59. The lowest BCUT2D eigenvalue weighted by molar-refractivity contribution is -0.136. The average Bonchev–Trinajstić information content (AvgIpc) is 2.05. The van der Waals surface area contributed by atoms with Crippen LogP contribution in [0.25, 0.3) is 0 Å². The van der Waals surface area contributed by atoms with Crippen LogP contribution >= 0.6 is 0 Å². The van der Waals surface area contributed by atoms with Crippen LogP contribution in [0.2, 0.25) is 0 Å². The number of carbonyl (C=O) groups is 3. The molecule has 1 aliphatic heterocycles. The molecule has 1 saturated heterocycles. The molecule has 1 rings (SSSR count). The van der Waals surface area contributed by atoms with Gasteiger partial charge in [0.1, 0.15) is 6.54 Å². The summed E-state index contributed by atoms with van der Waals surface area (Å²) in [6.45, 7) is 1.64. The van der Waals surface area contributed by atoms with Crippen LogP contribution in [0, 0.1) is 5.92 Å². The summed E-state index contributed by atoms with van der Waals surface area (Å²) in [5, 5.41) is 2.48. The minimum Gasteiger partial charge on any atom is -0.368 e. The highest BCUT2D eigenvalue weighted by Gasteiger charge is 2.31. The zero-order chi connectivity index (χ0) is 10.0. The van der Waals surface area contributed by atoms with Gasteiger partial charge in [-0.05, 0) is 0 Å². The van der Waals surface area contributed by atoms with Crippen molar-refractivity contribution in [1.82, 2.24) is 10.2 Å². The lowest BCUT2D eigenvalue weighted by Crippen LogP contribution is -2.56. The van der Waals surface area contributed by atoms with Crippen LogP contribution in [0.15, 0.2) is 0 Å². The van der Waals surface area contributed by atoms with Gasteiger partial charge in [0, 0.05) is 6.54 Å². The summed E-state index contributed by atoms with van der Waals surface area (Å²) in [7, 11) is 0. The first kappa shape index (κ1) is 9.50. The molecule has 6 heteroatoms. The number of urea groups is 1. The van der Waals surface area contributed by atoms with Gasteiger partial charge in [0.15, 0.2) is 0 Å². The lowest BCUT2D eigenvalue weighted by atomic mass is 10.1. The van der Waals surface area contributed by atoms with Crippen LogP contribution in [-0.4, -0.2) is 35.8 Å². The van der Waals surface area contributed by atoms with E-state index in [-0.39, 0.29) is 18.4 Å². The predicted octanol–water partition coefficient (Wildman–Crippen LogP) is -1.34. The Morgan fingerprint density at radius 3 is 2.85 bits per heavy atom. The molecule has 1 unspecified atom stereocenters. The summed E-state index contributed by atoms with van der Waals surface area (Å²) in [4.78, 5) is 33.7. The topological polar surface area (TPSA) is 92.5 Å². The summed E-state index contributed by atoms with van der Waals surface area (Å²) in [5.74, 6) is -1.35. The molecule has 1 aliphatic rings. The number of rotatable bonds is 2. The maximum Gasteiger partial charge on any atom is 0.324 e. The Kier molecular flexibility index (Phi) is 2.50. The summed E-state index contributed by atoms with van der Waals surface area (Å²) < 4.78 is 0. The monoisotopic (exact) mass is 185 g/mol. The third-order valence-electron chi connectivity index (χ3n) is 1.81. The molecule has 0 aliphatic carbocycles. The zero-order valence-electron chi connectivity index (χ0n) is 7.24. The van der Waals surface area contributed by atoms with Crippen molar-refractivity contribution in [2.24, 2.45) is 11.7 Å². The van der Waals surface area contributed by atoms with E-state index in [9.17, 15) is 14.4 Å². The molecule has 6 nitrogen and oxygen atoms in total. The molecule has 0 aromatic heterocycles. The van der Waals surface area contributed by atoms with Gasteiger partial charge in [0.25, 0.3) is 0 Å². The smallest absolute Gasteiger partial charge is 0.324 e. The maximum absolute atomic E-state index is 11.3. The molecule has 13 heavy (non-hydrogen) atoms. The fourth-order valence-corrected chi connectivity index (χ4v) is 1.09. The fraction of sp³-hybridized carbons (Fsp3) is 0.571. The first-order valence-electron chi connectivity index (χ1n) is 3.90. The van der Waals surface area contributed by atoms with Gasteiger partial charge in [0.2, 0.25) is 11.8 Å². The number of imide groups is 1. The second-order valence-electron chi connectivity index (χ2n) is 2.98. The van der Waals surface area contributed by atoms with Crippen molar-refractivity contribution in [2.45, 2.75) is 6.92 Å². The van der Waals surface area contributed by atoms with Crippen LogP contribution in [0.5, 0.6) is 0 Å². The zero-order valence-corrected chi connectivity index (χ0v) is 7.24. The van der Waals surface area contributed by atoms with Gasteiger partial charge < -0.3 is 11.1 Å². The Morgan fingerprint density at radius 2 is 2.31 bits per heavy atom. The molecule has 0 saturated carbocycles. The van der Waals surface area contributed by atoms with Crippen LogP contribution in [0.4, 0.5) is 4.79 Å². The number of nitrogens with one attached hydrogen (secondary N) is 1.